The standard InChI is InChI=1S/C14H18BrFN2O2/c15-12-2-1-10(9-13(12)16)14(19)18-7-8-20-11-3-5-17-6-4-11/h1-2,9,11,17H,3-8H2,(H,18,19). The Bertz CT molecular complexity index is 464. The number of rotatable bonds is 5. The number of amides is 1. The van der Waals surface area contributed by atoms with Crippen molar-refractivity contribution in [2.45, 2.75) is 18.9 Å². The highest BCUT2D eigenvalue weighted by Gasteiger charge is 2.13. The van der Waals surface area contributed by atoms with Gasteiger partial charge >= 0.3 is 0 Å². The Hall–Kier alpha value is -0.980. The van der Waals surface area contributed by atoms with Crippen LogP contribution in [0, 0.1) is 5.82 Å². The van der Waals surface area contributed by atoms with E-state index in [1.165, 1.54) is 12.1 Å². The van der Waals surface area contributed by atoms with E-state index < -0.39 is 5.82 Å². The van der Waals surface area contributed by atoms with Gasteiger partial charge in [-0.3, -0.25) is 4.79 Å². The van der Waals surface area contributed by atoms with Crippen LogP contribution in [0.1, 0.15) is 23.2 Å². The molecular formula is C14H18BrFN2O2. The molecule has 0 radical (unpaired) electrons. The molecule has 20 heavy (non-hydrogen) atoms. The average Bonchev–Trinajstić information content (AvgIpc) is 2.47. The molecule has 0 bridgehead atoms. The Balaban J connectivity index is 1.70. The van der Waals surface area contributed by atoms with Crippen LogP contribution in [0.3, 0.4) is 0 Å². The molecule has 0 saturated carbocycles. The summed E-state index contributed by atoms with van der Waals surface area (Å²) >= 11 is 3.05. The Kier molecular flexibility index (Phi) is 5.94. The van der Waals surface area contributed by atoms with Crippen LogP contribution in [0.5, 0.6) is 0 Å². The second kappa shape index (κ2) is 7.71. The average molecular weight is 345 g/mol. The maximum Gasteiger partial charge on any atom is 0.251 e. The maximum absolute atomic E-state index is 13.3. The highest BCUT2D eigenvalue weighted by molar-refractivity contribution is 9.10. The molecule has 4 nitrogen and oxygen atoms in total. The third-order valence-electron chi connectivity index (χ3n) is 3.21. The minimum Gasteiger partial charge on any atom is -0.376 e. The topological polar surface area (TPSA) is 50.4 Å². The zero-order valence-corrected chi connectivity index (χ0v) is 12.7. The first-order valence-corrected chi connectivity index (χ1v) is 7.51. The molecule has 110 valence electrons. The Morgan fingerprint density at radius 3 is 2.90 bits per heavy atom. The Morgan fingerprint density at radius 2 is 2.20 bits per heavy atom. The van der Waals surface area contributed by atoms with E-state index in [9.17, 15) is 9.18 Å². The second-order valence-electron chi connectivity index (χ2n) is 4.70. The van der Waals surface area contributed by atoms with Gasteiger partial charge in [0.1, 0.15) is 5.82 Å². The van der Waals surface area contributed by atoms with Gasteiger partial charge in [0.25, 0.3) is 5.91 Å². The van der Waals surface area contributed by atoms with Crippen molar-refractivity contribution in [1.29, 1.82) is 0 Å². The van der Waals surface area contributed by atoms with E-state index in [1.54, 1.807) is 6.07 Å². The fourth-order valence-electron chi connectivity index (χ4n) is 2.09. The van der Waals surface area contributed by atoms with E-state index in [1.807, 2.05) is 0 Å². The third kappa shape index (κ3) is 4.54. The summed E-state index contributed by atoms with van der Waals surface area (Å²) < 4.78 is 19.3. The van der Waals surface area contributed by atoms with Crippen molar-refractivity contribution in [3.05, 3.63) is 34.1 Å². The zero-order chi connectivity index (χ0) is 14.4. The molecule has 1 aliphatic heterocycles. The lowest BCUT2D eigenvalue weighted by atomic mass is 10.1. The lowest BCUT2D eigenvalue weighted by Crippen LogP contribution is -2.34. The number of hydrogen-bond donors (Lipinski definition) is 2. The van der Waals surface area contributed by atoms with Crippen molar-refractivity contribution < 1.29 is 13.9 Å². The van der Waals surface area contributed by atoms with Gasteiger partial charge in [0.15, 0.2) is 0 Å². The number of nitrogens with one attached hydrogen (secondary N) is 2. The summed E-state index contributed by atoms with van der Waals surface area (Å²) in [6.45, 7) is 2.88. The number of carbonyl (C=O) groups excluding carboxylic acids is 1. The van der Waals surface area contributed by atoms with Crippen LogP contribution in [0.2, 0.25) is 0 Å². The predicted molar refractivity (Wildman–Crippen MR) is 78.3 cm³/mol. The minimum atomic E-state index is -0.441. The molecule has 1 aromatic carbocycles. The van der Waals surface area contributed by atoms with E-state index in [-0.39, 0.29) is 12.0 Å². The molecule has 0 aromatic heterocycles. The minimum absolute atomic E-state index is 0.276. The largest absolute Gasteiger partial charge is 0.376 e. The van der Waals surface area contributed by atoms with Gasteiger partial charge in [0.2, 0.25) is 0 Å². The number of ether oxygens (including phenoxy) is 1. The van der Waals surface area contributed by atoms with Crippen LogP contribution in [0.15, 0.2) is 22.7 Å². The quantitative estimate of drug-likeness (QED) is 0.804. The number of benzene rings is 1. The van der Waals surface area contributed by atoms with Gasteiger partial charge in [-0.05, 0) is 60.1 Å². The van der Waals surface area contributed by atoms with Crippen LogP contribution in [0.4, 0.5) is 4.39 Å². The summed E-state index contributed by atoms with van der Waals surface area (Å²) in [5.41, 5.74) is 0.313. The van der Waals surface area contributed by atoms with Crippen LogP contribution in [-0.4, -0.2) is 38.3 Å². The first-order chi connectivity index (χ1) is 9.66. The van der Waals surface area contributed by atoms with E-state index in [0.29, 0.717) is 23.2 Å². The van der Waals surface area contributed by atoms with Gasteiger partial charge in [0, 0.05) is 12.1 Å². The molecule has 1 aliphatic rings. The van der Waals surface area contributed by atoms with Crippen LogP contribution in [0.25, 0.3) is 0 Å². The Labute approximate surface area is 126 Å². The summed E-state index contributed by atoms with van der Waals surface area (Å²) in [5, 5.41) is 5.99. The lowest BCUT2D eigenvalue weighted by molar-refractivity contribution is 0.0343. The smallest absolute Gasteiger partial charge is 0.251 e. The molecule has 1 aromatic rings. The zero-order valence-electron chi connectivity index (χ0n) is 11.1. The monoisotopic (exact) mass is 344 g/mol. The predicted octanol–water partition coefficient (Wildman–Crippen LogP) is 2.09. The SMILES string of the molecule is O=C(NCCOC1CCNCC1)c1ccc(Br)c(F)c1. The van der Waals surface area contributed by atoms with Crippen molar-refractivity contribution in [3.63, 3.8) is 0 Å². The van der Waals surface area contributed by atoms with Gasteiger partial charge in [0.05, 0.1) is 17.2 Å². The fraction of sp³-hybridized carbons (Fsp3) is 0.500. The fourth-order valence-corrected chi connectivity index (χ4v) is 2.34. The van der Waals surface area contributed by atoms with E-state index in [0.717, 1.165) is 25.9 Å². The summed E-state index contributed by atoms with van der Waals surface area (Å²) in [4.78, 5) is 11.8. The van der Waals surface area contributed by atoms with Gasteiger partial charge < -0.3 is 15.4 Å². The summed E-state index contributed by atoms with van der Waals surface area (Å²) in [7, 11) is 0. The van der Waals surface area contributed by atoms with Crippen molar-refractivity contribution in [1.82, 2.24) is 10.6 Å². The summed E-state index contributed by atoms with van der Waals surface area (Å²) in [6.07, 6.45) is 2.29. The molecule has 6 heteroatoms. The first kappa shape index (κ1) is 15.4. The highest BCUT2D eigenvalue weighted by Crippen LogP contribution is 2.16. The third-order valence-corrected chi connectivity index (χ3v) is 3.85. The van der Waals surface area contributed by atoms with Gasteiger partial charge in [-0.2, -0.15) is 0 Å². The highest BCUT2D eigenvalue weighted by atomic mass is 79.9. The molecule has 2 rings (SSSR count). The van der Waals surface area contributed by atoms with Crippen molar-refractivity contribution in [3.8, 4) is 0 Å². The normalized spacial score (nSPS) is 16.1. The van der Waals surface area contributed by atoms with Gasteiger partial charge in [-0.25, -0.2) is 4.39 Å². The first-order valence-electron chi connectivity index (χ1n) is 6.72. The molecule has 0 unspecified atom stereocenters. The summed E-state index contributed by atoms with van der Waals surface area (Å²) in [6, 6.07) is 4.32. The van der Waals surface area contributed by atoms with Crippen LogP contribution < -0.4 is 10.6 Å². The molecule has 1 heterocycles. The Morgan fingerprint density at radius 1 is 1.45 bits per heavy atom. The molecular weight excluding hydrogens is 327 g/mol. The number of hydrogen-bond acceptors (Lipinski definition) is 3. The van der Waals surface area contributed by atoms with E-state index in [2.05, 4.69) is 26.6 Å². The van der Waals surface area contributed by atoms with Gasteiger partial charge in [-0.1, -0.05) is 0 Å². The van der Waals surface area contributed by atoms with Crippen molar-refractivity contribution >= 4 is 21.8 Å². The molecule has 0 aliphatic carbocycles. The maximum atomic E-state index is 13.3. The van der Waals surface area contributed by atoms with Gasteiger partial charge in [-0.15, -0.1) is 0 Å². The molecule has 1 saturated heterocycles. The number of halogens is 2. The second-order valence-corrected chi connectivity index (χ2v) is 5.56. The number of carbonyl (C=O) groups is 1. The molecule has 0 atom stereocenters. The van der Waals surface area contributed by atoms with Crippen LogP contribution in [-0.2, 0) is 4.74 Å². The molecule has 1 fully saturated rings. The summed E-state index contributed by atoms with van der Waals surface area (Å²) in [5.74, 6) is -0.728. The van der Waals surface area contributed by atoms with E-state index >= 15 is 0 Å². The molecule has 2 N–H and O–H groups in total. The molecule has 0 spiro atoms. The van der Waals surface area contributed by atoms with E-state index in [4.69, 9.17) is 4.74 Å². The van der Waals surface area contributed by atoms with Crippen LogP contribution >= 0.6 is 15.9 Å². The molecule has 1 amide bonds. The number of piperidine rings is 1. The van der Waals surface area contributed by atoms with Crippen molar-refractivity contribution in [2.75, 3.05) is 26.2 Å². The lowest BCUT2D eigenvalue weighted by Gasteiger charge is -2.22. The van der Waals surface area contributed by atoms with Crippen molar-refractivity contribution in [2.24, 2.45) is 0 Å².